The molecular formula is C21H27NO2S. The maximum absolute atomic E-state index is 12.3. The summed E-state index contributed by atoms with van der Waals surface area (Å²) in [4.78, 5) is 13.6. The van der Waals surface area contributed by atoms with Gasteiger partial charge in [-0.05, 0) is 62.6 Å². The average Bonchev–Trinajstić information content (AvgIpc) is 2.61. The lowest BCUT2D eigenvalue weighted by Gasteiger charge is -2.18. The van der Waals surface area contributed by atoms with Crippen LogP contribution in [0.4, 0.5) is 0 Å². The Kier molecular flexibility index (Phi) is 7.38. The van der Waals surface area contributed by atoms with Gasteiger partial charge in [-0.25, -0.2) is 0 Å². The molecule has 0 bridgehead atoms. The molecule has 25 heavy (non-hydrogen) atoms. The van der Waals surface area contributed by atoms with Crippen LogP contribution < -0.4 is 10.1 Å². The number of ether oxygens (including phenoxy) is 1. The highest BCUT2D eigenvalue weighted by atomic mass is 32.2. The van der Waals surface area contributed by atoms with E-state index in [1.807, 2.05) is 32.0 Å². The van der Waals surface area contributed by atoms with Gasteiger partial charge in [0.25, 0.3) is 5.91 Å². The van der Waals surface area contributed by atoms with E-state index in [9.17, 15) is 4.79 Å². The van der Waals surface area contributed by atoms with Crippen LogP contribution in [0.3, 0.4) is 0 Å². The maximum Gasteiger partial charge on any atom is 0.261 e. The summed E-state index contributed by atoms with van der Waals surface area (Å²) in [6.07, 6.45) is 0.190. The van der Waals surface area contributed by atoms with Crippen LogP contribution in [0.15, 0.2) is 47.4 Å². The molecule has 0 aliphatic heterocycles. The molecule has 2 aromatic carbocycles. The molecule has 0 heterocycles. The van der Waals surface area contributed by atoms with E-state index >= 15 is 0 Å². The Balaban J connectivity index is 1.79. The van der Waals surface area contributed by atoms with Gasteiger partial charge in [0, 0.05) is 17.2 Å². The summed E-state index contributed by atoms with van der Waals surface area (Å²) in [5.74, 6) is 1.54. The molecule has 4 heteroatoms. The van der Waals surface area contributed by atoms with E-state index in [0.717, 1.165) is 11.5 Å². The summed E-state index contributed by atoms with van der Waals surface area (Å²) in [6.45, 7) is 8.78. The van der Waals surface area contributed by atoms with Crippen LogP contribution in [0, 0.1) is 20.8 Å². The molecule has 2 aromatic rings. The molecule has 0 unspecified atom stereocenters. The molecule has 1 atom stereocenters. The van der Waals surface area contributed by atoms with E-state index in [0.29, 0.717) is 13.0 Å². The summed E-state index contributed by atoms with van der Waals surface area (Å²) in [5, 5.41) is 2.98. The molecule has 3 nitrogen and oxygen atoms in total. The van der Waals surface area contributed by atoms with Crippen LogP contribution in [0.1, 0.15) is 30.0 Å². The van der Waals surface area contributed by atoms with Gasteiger partial charge in [0.05, 0.1) is 0 Å². The first-order chi connectivity index (χ1) is 12.0. The topological polar surface area (TPSA) is 38.3 Å². The number of hydrogen-bond donors (Lipinski definition) is 1. The van der Waals surface area contributed by atoms with E-state index in [1.54, 1.807) is 11.8 Å². The molecule has 0 aliphatic carbocycles. The van der Waals surface area contributed by atoms with Gasteiger partial charge in [-0.3, -0.25) is 4.79 Å². The van der Waals surface area contributed by atoms with Gasteiger partial charge in [0.15, 0.2) is 6.10 Å². The minimum Gasteiger partial charge on any atom is -0.481 e. The monoisotopic (exact) mass is 357 g/mol. The predicted octanol–water partition coefficient (Wildman–Crippen LogP) is 4.68. The van der Waals surface area contributed by atoms with E-state index in [1.165, 1.54) is 21.6 Å². The van der Waals surface area contributed by atoms with Gasteiger partial charge in [0.1, 0.15) is 5.75 Å². The largest absolute Gasteiger partial charge is 0.481 e. The van der Waals surface area contributed by atoms with E-state index < -0.39 is 6.10 Å². The Morgan fingerprint density at radius 2 is 1.80 bits per heavy atom. The molecule has 0 spiro atoms. The van der Waals surface area contributed by atoms with Crippen molar-refractivity contribution in [1.29, 1.82) is 0 Å². The van der Waals surface area contributed by atoms with Crippen LogP contribution in [0.2, 0.25) is 0 Å². The summed E-state index contributed by atoms with van der Waals surface area (Å²) in [5.41, 5.74) is 3.65. The lowest BCUT2D eigenvalue weighted by Crippen LogP contribution is -2.39. The lowest BCUT2D eigenvalue weighted by atomic mass is 10.1. The Morgan fingerprint density at radius 1 is 1.08 bits per heavy atom. The zero-order valence-corrected chi connectivity index (χ0v) is 16.3. The molecule has 0 saturated heterocycles. The first-order valence-electron chi connectivity index (χ1n) is 8.70. The fraction of sp³-hybridized carbons (Fsp3) is 0.381. The van der Waals surface area contributed by atoms with Gasteiger partial charge in [-0.15, -0.1) is 11.8 Å². The second-order valence-electron chi connectivity index (χ2n) is 6.21. The quantitative estimate of drug-likeness (QED) is 0.551. The van der Waals surface area contributed by atoms with Gasteiger partial charge >= 0.3 is 0 Å². The fourth-order valence-electron chi connectivity index (χ4n) is 2.37. The average molecular weight is 358 g/mol. The van der Waals surface area contributed by atoms with Crippen LogP contribution in [-0.4, -0.2) is 24.3 Å². The predicted molar refractivity (Wildman–Crippen MR) is 106 cm³/mol. The summed E-state index contributed by atoms with van der Waals surface area (Å²) in [7, 11) is 0. The molecule has 134 valence electrons. The molecule has 0 radical (unpaired) electrons. The van der Waals surface area contributed by atoms with Crippen molar-refractivity contribution in [2.45, 2.75) is 45.1 Å². The highest BCUT2D eigenvalue weighted by Gasteiger charge is 2.18. The van der Waals surface area contributed by atoms with Crippen molar-refractivity contribution in [3.63, 3.8) is 0 Å². The number of amides is 1. The zero-order valence-electron chi connectivity index (χ0n) is 15.5. The molecule has 1 amide bonds. The minimum atomic E-state index is -0.452. The number of rotatable bonds is 8. The Hall–Kier alpha value is -1.94. The zero-order chi connectivity index (χ0) is 18.2. The Morgan fingerprint density at radius 3 is 2.44 bits per heavy atom. The molecule has 1 N–H and O–H groups in total. The lowest BCUT2D eigenvalue weighted by molar-refractivity contribution is -0.127. The first-order valence-corrected chi connectivity index (χ1v) is 9.69. The number of carbonyl (C=O) groups excluding carboxylic acids is 1. The van der Waals surface area contributed by atoms with E-state index in [4.69, 9.17) is 4.74 Å². The first kappa shape index (κ1) is 19.4. The Labute approximate surface area is 155 Å². The van der Waals surface area contributed by atoms with E-state index in [2.05, 4.69) is 43.4 Å². The summed E-state index contributed by atoms with van der Waals surface area (Å²) >= 11 is 1.74. The van der Waals surface area contributed by atoms with Gasteiger partial charge in [-0.1, -0.05) is 30.7 Å². The number of aryl methyl sites for hydroxylation is 3. The van der Waals surface area contributed by atoms with Crippen molar-refractivity contribution >= 4 is 17.7 Å². The summed E-state index contributed by atoms with van der Waals surface area (Å²) in [6, 6.07) is 14.4. The van der Waals surface area contributed by atoms with Crippen LogP contribution in [-0.2, 0) is 4.79 Å². The third-order valence-electron chi connectivity index (χ3n) is 4.11. The van der Waals surface area contributed by atoms with Crippen LogP contribution in [0.5, 0.6) is 5.75 Å². The minimum absolute atomic E-state index is 0.0507. The number of thioether (sulfide) groups is 1. The van der Waals surface area contributed by atoms with Crippen molar-refractivity contribution in [2.75, 3.05) is 12.3 Å². The number of carbonyl (C=O) groups is 1. The second-order valence-corrected chi connectivity index (χ2v) is 7.38. The molecule has 2 rings (SSSR count). The van der Waals surface area contributed by atoms with Crippen molar-refractivity contribution in [1.82, 2.24) is 5.32 Å². The second kappa shape index (κ2) is 9.52. The van der Waals surface area contributed by atoms with Crippen molar-refractivity contribution in [3.05, 3.63) is 59.2 Å². The SMILES string of the molecule is CC[C@H](Oc1ccc(C)c(C)c1)C(=O)NCCSc1ccc(C)cc1. The van der Waals surface area contributed by atoms with Crippen molar-refractivity contribution in [2.24, 2.45) is 0 Å². The number of nitrogens with one attached hydrogen (secondary N) is 1. The summed E-state index contributed by atoms with van der Waals surface area (Å²) < 4.78 is 5.87. The third-order valence-corrected chi connectivity index (χ3v) is 5.12. The van der Waals surface area contributed by atoms with Crippen LogP contribution >= 0.6 is 11.8 Å². The highest BCUT2D eigenvalue weighted by molar-refractivity contribution is 7.99. The maximum atomic E-state index is 12.3. The number of benzene rings is 2. The normalized spacial score (nSPS) is 11.8. The third kappa shape index (κ3) is 6.13. The molecular weight excluding hydrogens is 330 g/mol. The fourth-order valence-corrected chi connectivity index (χ4v) is 3.13. The number of hydrogen-bond acceptors (Lipinski definition) is 3. The van der Waals surface area contributed by atoms with Crippen LogP contribution in [0.25, 0.3) is 0 Å². The smallest absolute Gasteiger partial charge is 0.261 e. The van der Waals surface area contributed by atoms with Gasteiger partial charge in [-0.2, -0.15) is 0 Å². The molecule has 0 fully saturated rings. The molecule has 0 aliphatic rings. The van der Waals surface area contributed by atoms with Gasteiger partial charge in [0.2, 0.25) is 0 Å². The van der Waals surface area contributed by atoms with Crippen molar-refractivity contribution in [3.8, 4) is 5.75 Å². The standard InChI is InChI=1S/C21H27NO2S/c1-5-20(24-18-9-8-16(3)17(4)14-18)21(23)22-12-13-25-19-10-6-15(2)7-11-19/h6-11,14,20H,5,12-13H2,1-4H3,(H,22,23)/t20-/m0/s1. The highest BCUT2D eigenvalue weighted by Crippen LogP contribution is 2.19. The van der Waals surface area contributed by atoms with E-state index in [-0.39, 0.29) is 5.91 Å². The molecule has 0 saturated carbocycles. The van der Waals surface area contributed by atoms with Gasteiger partial charge < -0.3 is 10.1 Å². The molecule has 0 aromatic heterocycles. The Bertz CT molecular complexity index is 698. The van der Waals surface area contributed by atoms with Crippen molar-refractivity contribution < 1.29 is 9.53 Å².